The van der Waals surface area contributed by atoms with Gasteiger partial charge >= 0.3 is 5.97 Å². The van der Waals surface area contributed by atoms with Gasteiger partial charge in [-0.1, -0.05) is 34.6 Å². The quantitative estimate of drug-likeness (QED) is 0.800. The molecule has 3 nitrogen and oxygen atoms in total. The highest BCUT2D eigenvalue weighted by Crippen LogP contribution is 2.56. The van der Waals surface area contributed by atoms with Gasteiger partial charge in [0.15, 0.2) is 0 Å². The first-order valence-corrected chi connectivity index (χ1v) is 6.14. The summed E-state index contributed by atoms with van der Waals surface area (Å²) in [6.07, 6.45) is 2.68. The smallest absolute Gasteiger partial charge is 0.321 e. The Balaban J connectivity index is 3.11. The minimum Gasteiger partial charge on any atom is -0.480 e. The SMILES string of the molecule is CC1(C)CC(C)(C)CC(C)(C(C#N)C(=O)O)C1. The van der Waals surface area contributed by atoms with Crippen LogP contribution in [0.5, 0.6) is 0 Å². The summed E-state index contributed by atoms with van der Waals surface area (Å²) < 4.78 is 0. The molecule has 1 rings (SSSR count). The minimum absolute atomic E-state index is 0.0983. The van der Waals surface area contributed by atoms with Crippen molar-refractivity contribution in [1.29, 1.82) is 5.26 Å². The van der Waals surface area contributed by atoms with Crippen molar-refractivity contribution >= 4 is 5.97 Å². The third-order valence-corrected chi connectivity index (χ3v) is 3.79. The highest BCUT2D eigenvalue weighted by Gasteiger charge is 2.50. The fraction of sp³-hybridized carbons (Fsp3) is 0.857. The number of hydrogen-bond donors (Lipinski definition) is 1. The fourth-order valence-electron chi connectivity index (χ4n) is 4.38. The van der Waals surface area contributed by atoms with Crippen LogP contribution in [0.2, 0.25) is 0 Å². The van der Waals surface area contributed by atoms with E-state index in [0.29, 0.717) is 0 Å². The van der Waals surface area contributed by atoms with Crippen molar-refractivity contribution in [2.45, 2.75) is 53.9 Å². The molecule has 0 amide bonds. The Kier molecular flexibility index (Phi) is 3.31. The van der Waals surface area contributed by atoms with Crippen LogP contribution in [-0.4, -0.2) is 11.1 Å². The van der Waals surface area contributed by atoms with Crippen molar-refractivity contribution in [1.82, 2.24) is 0 Å². The molecule has 0 spiro atoms. The van der Waals surface area contributed by atoms with Gasteiger partial charge in [-0.2, -0.15) is 5.26 Å². The molecular weight excluding hydrogens is 214 g/mol. The van der Waals surface area contributed by atoms with Gasteiger partial charge in [-0.15, -0.1) is 0 Å². The monoisotopic (exact) mass is 237 g/mol. The number of carbonyl (C=O) groups is 1. The first-order valence-electron chi connectivity index (χ1n) is 6.14. The Bertz CT molecular complexity index is 347. The molecule has 1 atom stereocenters. The number of hydrogen-bond acceptors (Lipinski definition) is 2. The Morgan fingerprint density at radius 1 is 1.12 bits per heavy atom. The molecule has 1 aliphatic carbocycles. The summed E-state index contributed by atoms with van der Waals surface area (Å²) in [7, 11) is 0. The number of rotatable bonds is 2. The van der Waals surface area contributed by atoms with E-state index in [-0.39, 0.29) is 10.8 Å². The summed E-state index contributed by atoms with van der Waals surface area (Å²) in [6, 6.07) is 1.99. The molecule has 0 aliphatic heterocycles. The Hall–Kier alpha value is -1.04. The van der Waals surface area contributed by atoms with Crippen LogP contribution in [0.25, 0.3) is 0 Å². The third kappa shape index (κ3) is 3.00. The number of nitriles is 1. The molecule has 0 bridgehead atoms. The van der Waals surface area contributed by atoms with Gasteiger partial charge in [0.2, 0.25) is 0 Å². The lowest BCUT2D eigenvalue weighted by atomic mass is 9.52. The van der Waals surface area contributed by atoms with Crippen molar-refractivity contribution in [3.05, 3.63) is 0 Å². The van der Waals surface area contributed by atoms with Gasteiger partial charge in [-0.05, 0) is 35.5 Å². The van der Waals surface area contributed by atoms with Gasteiger partial charge in [0, 0.05) is 0 Å². The van der Waals surface area contributed by atoms with E-state index in [0.717, 1.165) is 19.3 Å². The molecule has 0 radical (unpaired) electrons. The highest BCUT2D eigenvalue weighted by atomic mass is 16.4. The Labute approximate surface area is 104 Å². The molecule has 96 valence electrons. The molecule has 17 heavy (non-hydrogen) atoms. The van der Waals surface area contributed by atoms with Crippen LogP contribution in [-0.2, 0) is 4.79 Å². The molecule has 1 saturated carbocycles. The predicted molar refractivity (Wildman–Crippen MR) is 66.3 cm³/mol. The lowest BCUT2D eigenvalue weighted by Crippen LogP contribution is -2.45. The number of carboxylic acid groups (broad SMARTS) is 1. The van der Waals surface area contributed by atoms with E-state index in [1.807, 2.05) is 13.0 Å². The molecular formula is C14H23NO2. The van der Waals surface area contributed by atoms with Crippen molar-refractivity contribution in [2.75, 3.05) is 0 Å². The summed E-state index contributed by atoms with van der Waals surface area (Å²) in [5, 5.41) is 18.3. The van der Waals surface area contributed by atoms with Gasteiger partial charge in [0.05, 0.1) is 6.07 Å². The molecule has 0 heterocycles. The van der Waals surface area contributed by atoms with Crippen LogP contribution in [0, 0.1) is 33.5 Å². The van der Waals surface area contributed by atoms with Crippen LogP contribution < -0.4 is 0 Å². The van der Waals surface area contributed by atoms with E-state index in [1.54, 1.807) is 0 Å². The van der Waals surface area contributed by atoms with E-state index in [4.69, 9.17) is 5.26 Å². The first-order chi connectivity index (χ1) is 7.51. The molecule has 1 unspecified atom stereocenters. The van der Waals surface area contributed by atoms with Gasteiger partial charge < -0.3 is 5.11 Å². The van der Waals surface area contributed by atoms with Gasteiger partial charge in [-0.3, -0.25) is 4.79 Å². The molecule has 1 aliphatic rings. The van der Waals surface area contributed by atoms with Crippen LogP contribution in [0.15, 0.2) is 0 Å². The second-order valence-corrected chi connectivity index (χ2v) is 7.41. The standard InChI is InChI=1S/C14H23NO2/c1-12(2)7-13(3,4)9-14(5,8-12)10(6-15)11(16)17/h10H,7-9H2,1-5H3,(H,16,17). The second-order valence-electron chi connectivity index (χ2n) is 7.41. The summed E-state index contributed by atoms with van der Waals surface area (Å²) in [5.74, 6) is -1.88. The van der Waals surface area contributed by atoms with Crippen LogP contribution in [0.1, 0.15) is 53.9 Å². The molecule has 0 aromatic rings. The molecule has 1 fully saturated rings. The normalized spacial score (nSPS) is 26.8. The fourth-order valence-corrected chi connectivity index (χ4v) is 4.38. The van der Waals surface area contributed by atoms with Gasteiger partial charge in [0.1, 0.15) is 5.92 Å². The summed E-state index contributed by atoms with van der Waals surface area (Å²) >= 11 is 0. The highest BCUT2D eigenvalue weighted by molar-refractivity contribution is 5.74. The van der Waals surface area contributed by atoms with E-state index < -0.39 is 17.3 Å². The molecule has 0 aromatic carbocycles. The zero-order chi connectivity index (χ0) is 13.5. The topological polar surface area (TPSA) is 61.1 Å². The Morgan fingerprint density at radius 3 is 1.82 bits per heavy atom. The molecule has 0 aromatic heterocycles. The maximum absolute atomic E-state index is 11.2. The van der Waals surface area contributed by atoms with Crippen LogP contribution in [0.3, 0.4) is 0 Å². The Morgan fingerprint density at radius 2 is 1.53 bits per heavy atom. The molecule has 3 heteroatoms. The zero-order valence-electron chi connectivity index (χ0n) is 11.5. The van der Waals surface area contributed by atoms with E-state index in [1.165, 1.54) is 0 Å². The van der Waals surface area contributed by atoms with Gasteiger partial charge in [0.25, 0.3) is 0 Å². The lowest BCUT2D eigenvalue weighted by Gasteiger charge is -2.51. The maximum atomic E-state index is 11.2. The summed E-state index contributed by atoms with van der Waals surface area (Å²) in [5.41, 5.74) is -0.228. The largest absolute Gasteiger partial charge is 0.480 e. The van der Waals surface area contributed by atoms with Crippen LogP contribution in [0.4, 0.5) is 0 Å². The van der Waals surface area contributed by atoms with Crippen molar-refractivity contribution in [3.63, 3.8) is 0 Å². The van der Waals surface area contributed by atoms with Crippen molar-refractivity contribution in [2.24, 2.45) is 22.2 Å². The average Bonchev–Trinajstić information content (AvgIpc) is 1.94. The lowest BCUT2D eigenvalue weighted by molar-refractivity contribution is -0.147. The zero-order valence-corrected chi connectivity index (χ0v) is 11.5. The second kappa shape index (κ2) is 4.01. The number of carboxylic acids is 1. The number of aliphatic carboxylic acids is 1. The van der Waals surface area contributed by atoms with E-state index in [2.05, 4.69) is 27.7 Å². The number of nitrogens with zero attached hydrogens (tertiary/aromatic N) is 1. The summed E-state index contributed by atoms with van der Waals surface area (Å²) in [4.78, 5) is 11.2. The van der Waals surface area contributed by atoms with E-state index >= 15 is 0 Å². The molecule has 1 N–H and O–H groups in total. The van der Waals surface area contributed by atoms with Gasteiger partial charge in [-0.25, -0.2) is 0 Å². The van der Waals surface area contributed by atoms with Crippen LogP contribution >= 0.6 is 0 Å². The average molecular weight is 237 g/mol. The van der Waals surface area contributed by atoms with Crippen molar-refractivity contribution in [3.8, 4) is 6.07 Å². The summed E-state index contributed by atoms with van der Waals surface area (Å²) in [6.45, 7) is 10.6. The third-order valence-electron chi connectivity index (χ3n) is 3.79. The minimum atomic E-state index is -0.983. The predicted octanol–water partition coefficient (Wildman–Crippen LogP) is 3.45. The molecule has 0 saturated heterocycles. The van der Waals surface area contributed by atoms with Crippen molar-refractivity contribution < 1.29 is 9.90 Å². The maximum Gasteiger partial charge on any atom is 0.321 e. The first kappa shape index (κ1) is 14.0. The van der Waals surface area contributed by atoms with E-state index in [9.17, 15) is 9.90 Å².